The van der Waals surface area contributed by atoms with Gasteiger partial charge < -0.3 is 20.5 Å². The van der Waals surface area contributed by atoms with E-state index < -0.39 is 0 Å². The monoisotopic (exact) mass is 338 g/mol. The fourth-order valence-corrected chi connectivity index (χ4v) is 2.22. The van der Waals surface area contributed by atoms with Gasteiger partial charge in [-0.25, -0.2) is 4.98 Å². The van der Waals surface area contributed by atoms with E-state index in [1.165, 1.54) is 6.92 Å². The van der Waals surface area contributed by atoms with E-state index in [-0.39, 0.29) is 5.91 Å². The van der Waals surface area contributed by atoms with Crippen LogP contribution in [0, 0.1) is 13.8 Å². The lowest BCUT2D eigenvalue weighted by Crippen LogP contribution is -2.05. The van der Waals surface area contributed by atoms with E-state index in [1.54, 1.807) is 6.07 Å². The van der Waals surface area contributed by atoms with Crippen LogP contribution in [0.1, 0.15) is 18.4 Å². The topological polar surface area (TPSA) is 105 Å². The molecule has 25 heavy (non-hydrogen) atoms. The number of benzene rings is 1. The molecule has 0 saturated carbocycles. The summed E-state index contributed by atoms with van der Waals surface area (Å²) < 4.78 is 5.02. The Morgan fingerprint density at radius 1 is 0.960 bits per heavy atom. The number of aromatic nitrogens is 3. The minimum absolute atomic E-state index is 0.106. The maximum absolute atomic E-state index is 11.1. The van der Waals surface area contributed by atoms with Crippen molar-refractivity contribution in [3.63, 3.8) is 0 Å². The minimum atomic E-state index is -0.106. The van der Waals surface area contributed by atoms with Gasteiger partial charge in [0, 0.05) is 36.1 Å². The van der Waals surface area contributed by atoms with Gasteiger partial charge in [0.1, 0.15) is 11.6 Å². The molecule has 0 spiro atoms. The summed E-state index contributed by atoms with van der Waals surface area (Å²) in [5, 5.41) is 12.8. The van der Waals surface area contributed by atoms with E-state index in [9.17, 15) is 4.79 Å². The third-order valence-electron chi connectivity index (χ3n) is 3.20. The Morgan fingerprint density at radius 3 is 2.32 bits per heavy atom. The first-order valence-electron chi connectivity index (χ1n) is 7.68. The molecule has 2 aromatic heterocycles. The number of aryl methyl sites for hydroxylation is 2. The molecular formula is C17H18N6O2. The Balaban J connectivity index is 1.74. The molecule has 0 unspecified atom stereocenters. The van der Waals surface area contributed by atoms with Gasteiger partial charge in [0.15, 0.2) is 5.82 Å². The predicted octanol–water partition coefficient (Wildman–Crippen LogP) is 3.53. The summed E-state index contributed by atoms with van der Waals surface area (Å²) in [5.74, 6) is 2.21. The molecule has 0 atom stereocenters. The smallest absolute Gasteiger partial charge is 0.230 e. The molecule has 8 heteroatoms. The zero-order valence-corrected chi connectivity index (χ0v) is 14.1. The van der Waals surface area contributed by atoms with Crippen LogP contribution >= 0.6 is 0 Å². The highest BCUT2D eigenvalue weighted by atomic mass is 16.5. The molecule has 0 aliphatic heterocycles. The van der Waals surface area contributed by atoms with Gasteiger partial charge in [0.2, 0.25) is 11.9 Å². The van der Waals surface area contributed by atoms with Gasteiger partial charge in [-0.2, -0.15) is 4.98 Å². The average molecular weight is 338 g/mol. The van der Waals surface area contributed by atoms with E-state index in [0.29, 0.717) is 23.3 Å². The summed E-state index contributed by atoms with van der Waals surface area (Å²) in [7, 11) is 0. The fourth-order valence-electron chi connectivity index (χ4n) is 2.22. The molecule has 3 rings (SSSR count). The quantitative estimate of drug-likeness (QED) is 0.653. The van der Waals surface area contributed by atoms with Crippen LogP contribution < -0.4 is 16.0 Å². The normalized spacial score (nSPS) is 10.4. The van der Waals surface area contributed by atoms with Gasteiger partial charge in [-0.05, 0) is 38.1 Å². The van der Waals surface area contributed by atoms with Crippen molar-refractivity contribution in [2.75, 3.05) is 16.0 Å². The fraction of sp³-hybridized carbons (Fsp3) is 0.176. The number of nitrogens with zero attached hydrogens (tertiary/aromatic N) is 3. The lowest BCUT2D eigenvalue weighted by Gasteiger charge is -2.09. The van der Waals surface area contributed by atoms with Crippen molar-refractivity contribution in [3.8, 4) is 0 Å². The van der Waals surface area contributed by atoms with Gasteiger partial charge in [-0.1, -0.05) is 5.16 Å². The standard InChI is InChI=1S/C17H18N6O2/c1-10-8-15(20-14-6-4-13(5-7-14)19-12(3)24)21-17(18-10)22-16-9-11(2)25-23-16/h4-9H,1-3H3,(H,19,24)(H2,18,20,21,22,23). The van der Waals surface area contributed by atoms with Crippen LogP contribution in [0.5, 0.6) is 0 Å². The highest BCUT2D eigenvalue weighted by Crippen LogP contribution is 2.20. The number of hydrogen-bond donors (Lipinski definition) is 3. The average Bonchev–Trinajstić information content (AvgIpc) is 2.93. The molecular weight excluding hydrogens is 320 g/mol. The molecule has 0 aliphatic rings. The van der Waals surface area contributed by atoms with Gasteiger partial charge in [0.25, 0.3) is 0 Å². The Hall–Kier alpha value is -3.42. The van der Waals surface area contributed by atoms with E-state index >= 15 is 0 Å². The molecule has 8 nitrogen and oxygen atoms in total. The van der Waals surface area contributed by atoms with Gasteiger partial charge in [0.05, 0.1) is 0 Å². The highest BCUT2D eigenvalue weighted by Gasteiger charge is 2.06. The molecule has 0 fully saturated rings. The third kappa shape index (κ3) is 4.54. The van der Waals surface area contributed by atoms with E-state index in [1.807, 2.05) is 44.2 Å². The van der Waals surface area contributed by atoms with Crippen LogP contribution in [-0.4, -0.2) is 21.0 Å². The predicted molar refractivity (Wildman–Crippen MR) is 95.3 cm³/mol. The molecule has 0 saturated heterocycles. The van der Waals surface area contributed by atoms with Crippen LogP contribution in [0.2, 0.25) is 0 Å². The maximum atomic E-state index is 11.1. The second-order valence-corrected chi connectivity index (χ2v) is 5.55. The van der Waals surface area contributed by atoms with Crippen LogP contribution in [0.3, 0.4) is 0 Å². The van der Waals surface area contributed by atoms with E-state index in [4.69, 9.17) is 4.52 Å². The first-order chi connectivity index (χ1) is 12.0. The van der Waals surface area contributed by atoms with Crippen molar-refractivity contribution in [3.05, 3.63) is 47.9 Å². The summed E-state index contributed by atoms with van der Waals surface area (Å²) in [6, 6.07) is 10.9. The number of amides is 1. The first kappa shape index (κ1) is 16.4. The molecule has 0 radical (unpaired) electrons. The zero-order valence-electron chi connectivity index (χ0n) is 14.1. The summed E-state index contributed by atoms with van der Waals surface area (Å²) >= 11 is 0. The second-order valence-electron chi connectivity index (χ2n) is 5.55. The van der Waals surface area contributed by atoms with Gasteiger partial charge >= 0.3 is 0 Å². The van der Waals surface area contributed by atoms with E-state index in [0.717, 1.165) is 17.1 Å². The van der Waals surface area contributed by atoms with Crippen LogP contribution in [0.25, 0.3) is 0 Å². The number of anilines is 5. The van der Waals surface area contributed by atoms with Gasteiger partial charge in [-0.15, -0.1) is 0 Å². The summed E-state index contributed by atoms with van der Waals surface area (Å²) in [5.41, 5.74) is 2.38. The largest absolute Gasteiger partial charge is 0.360 e. The molecule has 128 valence electrons. The van der Waals surface area contributed by atoms with Gasteiger partial charge in [-0.3, -0.25) is 4.79 Å². The van der Waals surface area contributed by atoms with E-state index in [2.05, 4.69) is 31.1 Å². The summed E-state index contributed by atoms with van der Waals surface area (Å²) in [6.07, 6.45) is 0. The second kappa shape index (κ2) is 7.00. The highest BCUT2D eigenvalue weighted by molar-refractivity contribution is 5.88. The number of rotatable bonds is 5. The minimum Gasteiger partial charge on any atom is -0.360 e. The Morgan fingerprint density at radius 2 is 1.68 bits per heavy atom. The first-order valence-corrected chi connectivity index (χ1v) is 7.68. The molecule has 0 aliphatic carbocycles. The number of nitrogens with one attached hydrogen (secondary N) is 3. The number of carbonyl (C=O) groups excluding carboxylic acids is 1. The lowest BCUT2D eigenvalue weighted by molar-refractivity contribution is -0.114. The van der Waals surface area contributed by atoms with Crippen molar-refractivity contribution in [2.45, 2.75) is 20.8 Å². The van der Waals surface area contributed by atoms with Crippen molar-refractivity contribution in [2.24, 2.45) is 0 Å². The van der Waals surface area contributed by atoms with Crippen LogP contribution in [0.15, 0.2) is 40.9 Å². The number of hydrogen-bond acceptors (Lipinski definition) is 7. The lowest BCUT2D eigenvalue weighted by atomic mass is 10.2. The molecule has 1 aromatic carbocycles. The maximum Gasteiger partial charge on any atom is 0.230 e. The molecule has 3 aromatic rings. The number of carbonyl (C=O) groups is 1. The van der Waals surface area contributed by atoms with Crippen molar-refractivity contribution >= 4 is 34.9 Å². The molecule has 2 heterocycles. The Kier molecular flexibility index (Phi) is 4.60. The Labute approximate surface area is 144 Å². The Bertz CT molecular complexity index is 888. The van der Waals surface area contributed by atoms with Crippen molar-refractivity contribution < 1.29 is 9.32 Å². The SMILES string of the molecule is CC(=O)Nc1ccc(Nc2cc(C)nc(Nc3cc(C)on3)n2)cc1. The summed E-state index contributed by atoms with van der Waals surface area (Å²) in [4.78, 5) is 19.8. The third-order valence-corrected chi connectivity index (χ3v) is 3.20. The van der Waals surface area contributed by atoms with Crippen molar-refractivity contribution in [1.29, 1.82) is 0 Å². The summed E-state index contributed by atoms with van der Waals surface area (Å²) in [6.45, 7) is 5.17. The molecule has 3 N–H and O–H groups in total. The molecule has 1 amide bonds. The molecule has 0 bridgehead atoms. The van der Waals surface area contributed by atoms with Crippen LogP contribution in [0.4, 0.5) is 29.0 Å². The van der Waals surface area contributed by atoms with Crippen molar-refractivity contribution in [1.82, 2.24) is 15.1 Å². The zero-order chi connectivity index (χ0) is 17.8. The van der Waals surface area contributed by atoms with Crippen LogP contribution in [-0.2, 0) is 4.79 Å².